The molecule has 0 aliphatic heterocycles. The minimum Gasteiger partial charge on any atom is -0.444 e. The van der Waals surface area contributed by atoms with Crippen LogP contribution in [-0.2, 0) is 4.74 Å². The number of fused-ring (bicyclic) bond motifs is 1. The Morgan fingerprint density at radius 1 is 1.24 bits per heavy atom. The molecule has 3 aromatic rings. The van der Waals surface area contributed by atoms with Crippen molar-refractivity contribution in [2.45, 2.75) is 40.2 Å². The molecule has 0 radical (unpaired) electrons. The van der Waals surface area contributed by atoms with Crippen molar-refractivity contribution in [3.05, 3.63) is 47.0 Å². The molecule has 174 valence electrons. The van der Waals surface area contributed by atoms with E-state index in [4.69, 9.17) is 10.1 Å². The molecule has 3 aromatic heterocycles. The summed E-state index contributed by atoms with van der Waals surface area (Å²) in [5, 5.41) is 20.7. The number of nitrogens with zero attached hydrogens (tertiary/aromatic N) is 3. The van der Waals surface area contributed by atoms with E-state index in [-0.39, 0.29) is 5.91 Å². The first kappa shape index (κ1) is 23.9. The smallest absolute Gasteiger partial charge is 0.412 e. The number of allylic oxidation sites excluding steroid dienone is 1. The van der Waals surface area contributed by atoms with Gasteiger partial charge in [-0.2, -0.15) is 5.10 Å². The summed E-state index contributed by atoms with van der Waals surface area (Å²) in [6, 6.07) is 1.62. The molecule has 0 fully saturated rings. The van der Waals surface area contributed by atoms with Gasteiger partial charge in [0.1, 0.15) is 10.4 Å². The van der Waals surface area contributed by atoms with Gasteiger partial charge in [-0.1, -0.05) is 0 Å². The van der Waals surface area contributed by atoms with Gasteiger partial charge in [0.2, 0.25) is 0 Å². The molecule has 3 heterocycles. The zero-order chi connectivity index (χ0) is 24.3. The number of nitrogens with one attached hydrogen (secondary N) is 4. The molecule has 0 bridgehead atoms. The second-order valence-corrected chi connectivity index (χ2v) is 9.34. The number of hydrogen-bond donors (Lipinski definition) is 4. The Morgan fingerprint density at radius 2 is 1.97 bits per heavy atom. The van der Waals surface area contributed by atoms with Crippen molar-refractivity contribution < 1.29 is 14.3 Å². The Bertz CT molecular complexity index is 1250. The van der Waals surface area contributed by atoms with Crippen LogP contribution in [0.2, 0.25) is 0 Å². The molecule has 10 nitrogen and oxygen atoms in total. The fourth-order valence-corrected chi connectivity index (χ4v) is 4.05. The van der Waals surface area contributed by atoms with E-state index in [2.05, 4.69) is 26.0 Å². The summed E-state index contributed by atoms with van der Waals surface area (Å²) in [4.78, 5) is 30.8. The second-order valence-electron chi connectivity index (χ2n) is 8.31. The van der Waals surface area contributed by atoms with Crippen molar-refractivity contribution >= 4 is 50.8 Å². The van der Waals surface area contributed by atoms with Crippen LogP contribution in [0.15, 0.2) is 30.9 Å². The van der Waals surface area contributed by atoms with Gasteiger partial charge in [-0.05, 0) is 40.7 Å². The van der Waals surface area contributed by atoms with Gasteiger partial charge in [0.05, 0.1) is 39.9 Å². The zero-order valence-electron chi connectivity index (χ0n) is 19.4. The van der Waals surface area contributed by atoms with Crippen LogP contribution in [-0.4, -0.2) is 45.0 Å². The lowest BCUT2D eigenvalue weighted by Crippen LogP contribution is -2.27. The fraction of sp³-hybridized carbons (Fsp3) is 0.318. The van der Waals surface area contributed by atoms with Crippen molar-refractivity contribution in [1.29, 1.82) is 5.41 Å². The number of aryl methyl sites for hydroxylation is 1. The van der Waals surface area contributed by atoms with Crippen LogP contribution in [0.4, 0.5) is 16.2 Å². The number of amides is 2. The Hall–Kier alpha value is -3.73. The van der Waals surface area contributed by atoms with Crippen molar-refractivity contribution in [3.8, 4) is 0 Å². The first-order valence-electron chi connectivity index (χ1n) is 10.2. The predicted molar refractivity (Wildman–Crippen MR) is 130 cm³/mol. The van der Waals surface area contributed by atoms with E-state index in [0.717, 1.165) is 10.5 Å². The molecular formula is C22H27N7O3S. The van der Waals surface area contributed by atoms with Crippen LogP contribution >= 0.6 is 11.3 Å². The van der Waals surface area contributed by atoms with Crippen molar-refractivity contribution in [1.82, 2.24) is 19.9 Å². The molecule has 0 unspecified atom stereocenters. The van der Waals surface area contributed by atoms with Gasteiger partial charge in [0.15, 0.2) is 0 Å². The summed E-state index contributed by atoms with van der Waals surface area (Å²) in [5.41, 5.74) is 2.32. The van der Waals surface area contributed by atoms with E-state index in [1.165, 1.54) is 23.7 Å². The third-order valence-electron chi connectivity index (χ3n) is 4.38. The number of carbonyl (C=O) groups excluding carboxylic acids is 2. The number of hydrogen-bond acceptors (Lipinski definition) is 8. The lowest BCUT2D eigenvalue weighted by Gasteiger charge is -2.19. The van der Waals surface area contributed by atoms with E-state index in [1.54, 1.807) is 64.6 Å². The Kier molecular flexibility index (Phi) is 6.82. The highest BCUT2D eigenvalue weighted by molar-refractivity contribution is 7.19. The molecule has 0 aromatic carbocycles. The highest BCUT2D eigenvalue weighted by atomic mass is 32.1. The molecule has 11 heteroatoms. The van der Waals surface area contributed by atoms with Gasteiger partial charge < -0.3 is 20.8 Å². The van der Waals surface area contributed by atoms with E-state index in [1.807, 2.05) is 0 Å². The quantitative estimate of drug-likeness (QED) is 0.398. The number of thiazole rings is 1. The van der Waals surface area contributed by atoms with Crippen molar-refractivity contribution in [3.63, 3.8) is 0 Å². The fourth-order valence-electron chi connectivity index (χ4n) is 2.91. The minimum absolute atomic E-state index is 0.358. The number of ether oxygens (including phenoxy) is 1. The first-order valence-corrected chi connectivity index (χ1v) is 11.0. The number of carbonyl (C=O) groups is 2. The maximum atomic E-state index is 13.0. The van der Waals surface area contributed by atoms with Crippen LogP contribution in [0.5, 0.6) is 0 Å². The molecule has 0 atom stereocenters. The van der Waals surface area contributed by atoms with E-state index < -0.39 is 11.7 Å². The third kappa shape index (κ3) is 5.75. The molecule has 0 aliphatic carbocycles. The molecule has 33 heavy (non-hydrogen) atoms. The zero-order valence-corrected chi connectivity index (χ0v) is 20.2. The van der Waals surface area contributed by atoms with Gasteiger partial charge >= 0.3 is 6.09 Å². The summed E-state index contributed by atoms with van der Waals surface area (Å²) in [6.45, 7) is 8.78. The van der Waals surface area contributed by atoms with Crippen LogP contribution in [0.3, 0.4) is 0 Å². The number of aromatic nitrogens is 3. The van der Waals surface area contributed by atoms with Crippen molar-refractivity contribution in [2.24, 2.45) is 0 Å². The maximum Gasteiger partial charge on any atom is 0.412 e. The summed E-state index contributed by atoms with van der Waals surface area (Å²) in [5.74, 6) is -0.358. The van der Waals surface area contributed by atoms with Gasteiger partial charge in [-0.25, -0.2) is 9.31 Å². The topological polar surface area (TPSA) is 134 Å². The third-order valence-corrected chi connectivity index (χ3v) is 5.52. The average molecular weight is 470 g/mol. The Labute approximate surface area is 195 Å². The molecule has 0 spiro atoms. The number of pyridine rings is 1. The van der Waals surface area contributed by atoms with E-state index in [9.17, 15) is 9.59 Å². The first-order chi connectivity index (χ1) is 15.5. The molecule has 2 amide bonds. The normalized spacial score (nSPS) is 11.9. The minimum atomic E-state index is -0.634. The van der Waals surface area contributed by atoms with Gasteiger partial charge in [0.25, 0.3) is 5.91 Å². The summed E-state index contributed by atoms with van der Waals surface area (Å²) >= 11 is 1.37. The predicted octanol–water partition coefficient (Wildman–Crippen LogP) is 4.30. The maximum absolute atomic E-state index is 13.0. The van der Waals surface area contributed by atoms with Crippen LogP contribution in [0, 0.1) is 12.3 Å². The summed E-state index contributed by atoms with van der Waals surface area (Å²) in [7, 11) is 1.77. The standard InChI is InChI=1S/C22H27N7O3S/c1-12(23)15(9-24-6)18-11-29-20(33-18)16(10-26-29)19(30)28-17-7-14(8-25-13(17)2)27-21(31)32-22(3,4)5/h7-11,23-24H,1-6H3,(H,27,31)(H,28,30)/b15-9+,23-12?. The summed E-state index contributed by atoms with van der Waals surface area (Å²) in [6.07, 6.45) is 5.91. The molecule has 0 saturated carbocycles. The van der Waals surface area contributed by atoms with Crippen molar-refractivity contribution in [2.75, 3.05) is 17.7 Å². The molecule has 0 saturated heterocycles. The monoisotopic (exact) mass is 469 g/mol. The average Bonchev–Trinajstić information content (AvgIpc) is 3.27. The number of rotatable bonds is 6. The Morgan fingerprint density at radius 3 is 2.61 bits per heavy atom. The largest absolute Gasteiger partial charge is 0.444 e. The summed E-state index contributed by atoms with van der Waals surface area (Å²) < 4.78 is 6.87. The lowest BCUT2D eigenvalue weighted by molar-refractivity contribution is 0.0635. The van der Waals surface area contributed by atoms with Gasteiger partial charge in [-0.3, -0.25) is 15.1 Å². The SMILES string of the molecule is CN/C=C(\C(C)=N)c1cn2ncc(C(=O)Nc3cc(NC(=O)OC(C)(C)C)cnc3C)c2s1. The van der Waals surface area contributed by atoms with Gasteiger partial charge in [0, 0.05) is 30.7 Å². The van der Waals surface area contributed by atoms with E-state index in [0.29, 0.717) is 33.2 Å². The van der Waals surface area contributed by atoms with E-state index >= 15 is 0 Å². The highest BCUT2D eigenvalue weighted by Gasteiger charge is 2.20. The number of anilines is 2. The van der Waals surface area contributed by atoms with Crippen LogP contribution in [0.25, 0.3) is 10.4 Å². The molecular weight excluding hydrogens is 442 g/mol. The van der Waals surface area contributed by atoms with Crippen LogP contribution in [0.1, 0.15) is 48.6 Å². The van der Waals surface area contributed by atoms with Gasteiger partial charge in [-0.15, -0.1) is 11.3 Å². The molecule has 0 aliphatic rings. The Balaban J connectivity index is 1.83. The highest BCUT2D eigenvalue weighted by Crippen LogP contribution is 2.28. The second kappa shape index (κ2) is 9.41. The molecule has 3 rings (SSSR count). The van der Waals surface area contributed by atoms with Crippen LogP contribution < -0.4 is 16.0 Å². The lowest BCUT2D eigenvalue weighted by atomic mass is 10.2. The molecule has 4 N–H and O–H groups in total.